The van der Waals surface area contributed by atoms with Crippen LogP contribution in [0.15, 0.2) is 58.0 Å². The largest absolute Gasteiger partial charge is 0.468 e. The lowest BCUT2D eigenvalue weighted by molar-refractivity contribution is 0.271. The number of hydrogen-bond donors (Lipinski definition) is 0. The number of rotatable bonds is 7. The van der Waals surface area contributed by atoms with E-state index in [2.05, 4.69) is 42.2 Å². The van der Waals surface area contributed by atoms with Gasteiger partial charge in [0.05, 0.1) is 12.8 Å². The van der Waals surface area contributed by atoms with Gasteiger partial charge in [0.2, 0.25) is 0 Å². The van der Waals surface area contributed by atoms with Crippen molar-refractivity contribution < 1.29 is 4.42 Å². The van der Waals surface area contributed by atoms with Gasteiger partial charge in [-0.25, -0.2) is 0 Å². The molecule has 2 nitrogen and oxygen atoms in total. The summed E-state index contributed by atoms with van der Waals surface area (Å²) in [6, 6.07) is 14.5. The van der Waals surface area contributed by atoms with Gasteiger partial charge < -0.3 is 4.42 Å². The van der Waals surface area contributed by atoms with Crippen molar-refractivity contribution in [2.24, 2.45) is 0 Å². The van der Waals surface area contributed by atoms with Gasteiger partial charge in [0.1, 0.15) is 5.76 Å². The van der Waals surface area contributed by atoms with Crippen molar-refractivity contribution in [2.45, 2.75) is 18.4 Å². The van der Waals surface area contributed by atoms with Crippen LogP contribution in [0.1, 0.15) is 12.7 Å². The average molecular weight is 261 g/mol. The van der Waals surface area contributed by atoms with E-state index in [0.717, 1.165) is 31.1 Å². The Morgan fingerprint density at radius 2 is 1.94 bits per heavy atom. The molecule has 0 unspecified atom stereocenters. The SMILES string of the molecule is CCN(CCSc1ccccc1)Cc1ccco1. The van der Waals surface area contributed by atoms with E-state index in [1.54, 1.807) is 6.26 Å². The minimum Gasteiger partial charge on any atom is -0.468 e. The van der Waals surface area contributed by atoms with Gasteiger partial charge in [-0.05, 0) is 30.8 Å². The Labute approximate surface area is 113 Å². The first-order valence-electron chi connectivity index (χ1n) is 6.31. The summed E-state index contributed by atoms with van der Waals surface area (Å²) in [7, 11) is 0. The zero-order valence-electron chi connectivity index (χ0n) is 10.7. The van der Waals surface area contributed by atoms with Crippen LogP contribution in [0, 0.1) is 0 Å². The zero-order chi connectivity index (χ0) is 12.6. The molecular weight excluding hydrogens is 242 g/mol. The topological polar surface area (TPSA) is 16.4 Å². The molecule has 2 rings (SSSR count). The predicted octanol–water partition coefficient (Wildman–Crippen LogP) is 3.89. The van der Waals surface area contributed by atoms with Crippen molar-refractivity contribution in [3.63, 3.8) is 0 Å². The van der Waals surface area contributed by atoms with E-state index in [9.17, 15) is 0 Å². The minimum absolute atomic E-state index is 0.902. The predicted molar refractivity (Wildman–Crippen MR) is 76.8 cm³/mol. The van der Waals surface area contributed by atoms with E-state index in [0.29, 0.717) is 0 Å². The second-order valence-electron chi connectivity index (χ2n) is 4.11. The summed E-state index contributed by atoms with van der Waals surface area (Å²) < 4.78 is 5.38. The summed E-state index contributed by atoms with van der Waals surface area (Å²) in [6.45, 7) is 5.22. The first-order chi connectivity index (χ1) is 8.88. The number of nitrogens with zero attached hydrogens (tertiary/aromatic N) is 1. The van der Waals surface area contributed by atoms with Crippen molar-refractivity contribution in [1.82, 2.24) is 4.90 Å². The number of benzene rings is 1. The lowest BCUT2D eigenvalue weighted by Crippen LogP contribution is -2.25. The quantitative estimate of drug-likeness (QED) is 0.703. The zero-order valence-corrected chi connectivity index (χ0v) is 11.5. The molecule has 2 aromatic rings. The van der Waals surface area contributed by atoms with Crippen LogP contribution in [0.4, 0.5) is 0 Å². The van der Waals surface area contributed by atoms with Crippen LogP contribution in [-0.4, -0.2) is 23.7 Å². The van der Waals surface area contributed by atoms with Crippen LogP contribution < -0.4 is 0 Å². The van der Waals surface area contributed by atoms with Gasteiger partial charge in [-0.15, -0.1) is 11.8 Å². The first kappa shape index (κ1) is 13.2. The number of thioether (sulfide) groups is 1. The Kier molecular flexibility index (Phi) is 5.36. The molecule has 0 saturated heterocycles. The Balaban J connectivity index is 1.74. The van der Waals surface area contributed by atoms with Gasteiger partial charge in [0.15, 0.2) is 0 Å². The van der Waals surface area contributed by atoms with E-state index >= 15 is 0 Å². The molecule has 1 heterocycles. The fourth-order valence-corrected chi connectivity index (χ4v) is 2.72. The van der Waals surface area contributed by atoms with Crippen molar-refractivity contribution in [2.75, 3.05) is 18.8 Å². The van der Waals surface area contributed by atoms with Gasteiger partial charge in [-0.2, -0.15) is 0 Å². The third-order valence-corrected chi connectivity index (χ3v) is 3.82. The van der Waals surface area contributed by atoms with E-state index in [-0.39, 0.29) is 0 Å². The summed E-state index contributed by atoms with van der Waals surface area (Å²) in [4.78, 5) is 3.74. The Hall–Kier alpha value is -1.19. The monoisotopic (exact) mass is 261 g/mol. The van der Waals surface area contributed by atoms with Crippen LogP contribution >= 0.6 is 11.8 Å². The van der Waals surface area contributed by atoms with Crippen LogP contribution in [0.2, 0.25) is 0 Å². The van der Waals surface area contributed by atoms with E-state index in [4.69, 9.17) is 4.42 Å². The van der Waals surface area contributed by atoms with E-state index in [1.807, 2.05) is 23.9 Å². The molecular formula is C15H19NOS. The molecule has 0 saturated carbocycles. The molecule has 0 radical (unpaired) electrons. The lowest BCUT2D eigenvalue weighted by atomic mass is 10.4. The Bertz CT molecular complexity index is 427. The molecule has 96 valence electrons. The van der Waals surface area contributed by atoms with Gasteiger partial charge in [0.25, 0.3) is 0 Å². The standard InChI is InChI=1S/C15H19NOS/c1-2-16(13-14-7-6-11-17-14)10-12-18-15-8-4-3-5-9-15/h3-9,11H,2,10,12-13H2,1H3. The maximum Gasteiger partial charge on any atom is 0.117 e. The molecule has 0 fully saturated rings. The summed E-state index contributed by atoms with van der Waals surface area (Å²) in [5, 5.41) is 0. The van der Waals surface area contributed by atoms with Crippen LogP contribution in [0.3, 0.4) is 0 Å². The Morgan fingerprint density at radius 3 is 2.61 bits per heavy atom. The smallest absolute Gasteiger partial charge is 0.117 e. The first-order valence-corrected chi connectivity index (χ1v) is 7.29. The highest BCUT2D eigenvalue weighted by Gasteiger charge is 2.05. The molecule has 0 aliphatic rings. The second-order valence-corrected chi connectivity index (χ2v) is 5.28. The highest BCUT2D eigenvalue weighted by atomic mass is 32.2. The number of furan rings is 1. The highest BCUT2D eigenvalue weighted by Crippen LogP contribution is 2.17. The second kappa shape index (κ2) is 7.29. The average Bonchev–Trinajstić information content (AvgIpc) is 2.92. The van der Waals surface area contributed by atoms with Gasteiger partial charge >= 0.3 is 0 Å². The molecule has 1 aromatic carbocycles. The maximum atomic E-state index is 5.38. The molecule has 0 spiro atoms. The summed E-state index contributed by atoms with van der Waals surface area (Å²) >= 11 is 1.90. The van der Waals surface area contributed by atoms with Crippen LogP contribution in [0.5, 0.6) is 0 Å². The molecule has 0 N–H and O–H groups in total. The molecule has 0 bridgehead atoms. The molecule has 18 heavy (non-hydrogen) atoms. The third kappa shape index (κ3) is 4.24. The summed E-state index contributed by atoms with van der Waals surface area (Å²) in [6.07, 6.45) is 1.74. The molecule has 0 atom stereocenters. The summed E-state index contributed by atoms with van der Waals surface area (Å²) in [5.74, 6) is 2.15. The fourth-order valence-electron chi connectivity index (χ4n) is 1.78. The van der Waals surface area contributed by atoms with Crippen LogP contribution in [-0.2, 0) is 6.54 Å². The van der Waals surface area contributed by atoms with Crippen LogP contribution in [0.25, 0.3) is 0 Å². The van der Waals surface area contributed by atoms with Gasteiger partial charge in [-0.3, -0.25) is 4.90 Å². The van der Waals surface area contributed by atoms with E-state index < -0.39 is 0 Å². The molecule has 0 aliphatic heterocycles. The summed E-state index contributed by atoms with van der Waals surface area (Å²) in [5.41, 5.74) is 0. The fraction of sp³-hybridized carbons (Fsp3) is 0.333. The van der Waals surface area contributed by atoms with Crippen molar-refractivity contribution >= 4 is 11.8 Å². The maximum absolute atomic E-state index is 5.38. The molecule has 0 amide bonds. The molecule has 3 heteroatoms. The molecule has 1 aromatic heterocycles. The third-order valence-electron chi connectivity index (χ3n) is 2.83. The lowest BCUT2D eigenvalue weighted by Gasteiger charge is -2.18. The van der Waals surface area contributed by atoms with Crippen molar-refractivity contribution in [1.29, 1.82) is 0 Å². The Morgan fingerprint density at radius 1 is 1.11 bits per heavy atom. The molecule has 0 aliphatic carbocycles. The van der Waals surface area contributed by atoms with Gasteiger partial charge in [-0.1, -0.05) is 25.1 Å². The van der Waals surface area contributed by atoms with Crippen molar-refractivity contribution in [3.05, 3.63) is 54.5 Å². The highest BCUT2D eigenvalue weighted by molar-refractivity contribution is 7.99. The van der Waals surface area contributed by atoms with E-state index in [1.165, 1.54) is 4.90 Å². The van der Waals surface area contributed by atoms with Gasteiger partial charge in [0, 0.05) is 17.2 Å². The normalized spacial score (nSPS) is 11.0. The number of hydrogen-bond acceptors (Lipinski definition) is 3. The minimum atomic E-state index is 0.902. The van der Waals surface area contributed by atoms with Crippen molar-refractivity contribution in [3.8, 4) is 0 Å².